The van der Waals surface area contributed by atoms with Gasteiger partial charge in [-0.25, -0.2) is 9.97 Å². The van der Waals surface area contributed by atoms with E-state index < -0.39 is 0 Å². The van der Waals surface area contributed by atoms with Crippen molar-refractivity contribution in [3.05, 3.63) is 16.0 Å². The van der Waals surface area contributed by atoms with E-state index in [0.717, 1.165) is 40.5 Å². The molecule has 0 spiro atoms. The van der Waals surface area contributed by atoms with Crippen LogP contribution in [0, 0.1) is 0 Å². The lowest BCUT2D eigenvalue weighted by molar-refractivity contribution is 0.558. The van der Waals surface area contributed by atoms with Gasteiger partial charge < -0.3 is 5.32 Å². The minimum absolute atomic E-state index is 0.00560. The van der Waals surface area contributed by atoms with Gasteiger partial charge >= 0.3 is 0 Å². The largest absolute Gasteiger partial charge is 0.369 e. The number of hydrogen-bond acceptors (Lipinski definition) is 5. The quantitative estimate of drug-likeness (QED) is 0.793. The van der Waals surface area contributed by atoms with Crippen LogP contribution in [0.25, 0.3) is 0 Å². The van der Waals surface area contributed by atoms with Crippen molar-refractivity contribution >= 4 is 45.3 Å². The molecule has 2 heterocycles. The molecule has 1 unspecified atom stereocenters. The van der Waals surface area contributed by atoms with Gasteiger partial charge in [0, 0.05) is 29.2 Å². The molecule has 1 aromatic rings. The molecule has 1 atom stereocenters. The van der Waals surface area contributed by atoms with E-state index in [0.29, 0.717) is 5.25 Å². The van der Waals surface area contributed by atoms with Crippen LogP contribution in [0.3, 0.4) is 0 Å². The van der Waals surface area contributed by atoms with E-state index in [9.17, 15) is 0 Å². The molecular weight excluding hydrogens is 366 g/mol. The van der Waals surface area contributed by atoms with Crippen LogP contribution >= 0.6 is 39.5 Å². The van der Waals surface area contributed by atoms with Gasteiger partial charge in [-0.1, -0.05) is 27.7 Å². The molecule has 0 bridgehead atoms. The van der Waals surface area contributed by atoms with Gasteiger partial charge in [-0.05, 0) is 22.4 Å². The second-order valence-electron chi connectivity index (χ2n) is 6.20. The number of nitrogens with zero attached hydrogens (tertiary/aromatic N) is 2. The first kappa shape index (κ1) is 17.4. The summed E-state index contributed by atoms with van der Waals surface area (Å²) in [5.41, 5.74) is 1.10. The maximum Gasteiger partial charge on any atom is 0.144 e. The van der Waals surface area contributed by atoms with Crippen LogP contribution in [0.4, 0.5) is 5.82 Å². The van der Waals surface area contributed by atoms with Gasteiger partial charge in [0.05, 0.1) is 15.4 Å². The molecule has 1 saturated heterocycles. The van der Waals surface area contributed by atoms with Gasteiger partial charge in [0.2, 0.25) is 0 Å². The first-order valence-electron chi connectivity index (χ1n) is 7.44. The Morgan fingerprint density at radius 2 is 2.05 bits per heavy atom. The molecule has 0 aliphatic carbocycles. The summed E-state index contributed by atoms with van der Waals surface area (Å²) in [6.45, 7) is 9.72. The highest BCUT2D eigenvalue weighted by Gasteiger charge is 2.27. The zero-order chi connectivity index (χ0) is 15.5. The maximum absolute atomic E-state index is 4.90. The summed E-state index contributed by atoms with van der Waals surface area (Å²) in [7, 11) is 0. The molecule has 0 aromatic carbocycles. The molecule has 21 heavy (non-hydrogen) atoms. The van der Waals surface area contributed by atoms with E-state index in [1.165, 1.54) is 11.5 Å². The van der Waals surface area contributed by atoms with Crippen molar-refractivity contribution < 1.29 is 0 Å². The van der Waals surface area contributed by atoms with Crippen LogP contribution in [0.2, 0.25) is 0 Å². The van der Waals surface area contributed by atoms with Gasteiger partial charge in [0.25, 0.3) is 0 Å². The molecule has 1 fully saturated rings. The van der Waals surface area contributed by atoms with Gasteiger partial charge in [-0.2, -0.15) is 11.8 Å². The molecule has 1 aliphatic rings. The highest BCUT2D eigenvalue weighted by Crippen LogP contribution is 2.39. The lowest BCUT2D eigenvalue weighted by Gasteiger charge is -2.25. The first-order valence-corrected chi connectivity index (χ1v) is 10.4. The smallest absolute Gasteiger partial charge is 0.144 e. The van der Waals surface area contributed by atoms with E-state index in [1.807, 2.05) is 23.5 Å². The van der Waals surface area contributed by atoms with Crippen molar-refractivity contribution in [2.75, 3.05) is 29.1 Å². The topological polar surface area (TPSA) is 37.8 Å². The van der Waals surface area contributed by atoms with Crippen LogP contribution in [0.1, 0.15) is 50.9 Å². The monoisotopic (exact) mass is 389 g/mol. The fourth-order valence-electron chi connectivity index (χ4n) is 2.10. The van der Waals surface area contributed by atoms with Crippen LogP contribution < -0.4 is 5.32 Å². The Morgan fingerprint density at radius 3 is 2.62 bits per heavy atom. The summed E-state index contributed by atoms with van der Waals surface area (Å²) in [6, 6.07) is 0. The molecular formula is C15H24BrN3S2. The Kier molecular flexibility index (Phi) is 6.26. The Balaban J connectivity index is 2.39. The zero-order valence-corrected chi connectivity index (χ0v) is 16.4. The number of nitrogens with one attached hydrogen (secondary N) is 1. The van der Waals surface area contributed by atoms with Gasteiger partial charge in [0.1, 0.15) is 11.6 Å². The van der Waals surface area contributed by atoms with E-state index in [4.69, 9.17) is 9.97 Å². The molecule has 6 heteroatoms. The second-order valence-corrected chi connectivity index (χ2v) is 9.46. The van der Waals surface area contributed by atoms with Crippen molar-refractivity contribution in [1.29, 1.82) is 0 Å². The van der Waals surface area contributed by atoms with Crippen LogP contribution in [-0.2, 0) is 5.41 Å². The van der Waals surface area contributed by atoms with Crippen molar-refractivity contribution in [1.82, 2.24) is 9.97 Å². The number of hydrogen-bond donors (Lipinski definition) is 1. The minimum Gasteiger partial charge on any atom is -0.369 e. The third-order valence-corrected chi connectivity index (χ3v) is 6.73. The molecule has 0 amide bonds. The third kappa shape index (κ3) is 4.52. The van der Waals surface area contributed by atoms with Crippen LogP contribution in [0.15, 0.2) is 4.47 Å². The first-order chi connectivity index (χ1) is 9.93. The average Bonchev–Trinajstić information content (AvgIpc) is 2.46. The van der Waals surface area contributed by atoms with Gasteiger partial charge in [-0.3, -0.25) is 0 Å². The number of anilines is 1. The van der Waals surface area contributed by atoms with Crippen molar-refractivity contribution in [3.63, 3.8) is 0 Å². The Labute approximate surface area is 145 Å². The Hall–Kier alpha value is 0.0600. The molecule has 1 N–H and O–H groups in total. The summed E-state index contributed by atoms with van der Waals surface area (Å²) in [5, 5.41) is 3.86. The summed E-state index contributed by atoms with van der Waals surface area (Å²) < 4.78 is 1.01. The van der Waals surface area contributed by atoms with Crippen molar-refractivity contribution in [2.24, 2.45) is 0 Å². The predicted octanol–water partition coefficient (Wildman–Crippen LogP) is 4.88. The summed E-state index contributed by atoms with van der Waals surface area (Å²) in [5.74, 6) is 5.48. The molecule has 118 valence electrons. The van der Waals surface area contributed by atoms with E-state index >= 15 is 0 Å². The maximum atomic E-state index is 4.90. The lowest BCUT2D eigenvalue weighted by Crippen LogP contribution is -2.20. The van der Waals surface area contributed by atoms with Gasteiger partial charge in [0.15, 0.2) is 0 Å². The minimum atomic E-state index is 0.00560. The second kappa shape index (κ2) is 7.55. The number of halogens is 1. The molecule has 2 rings (SSSR count). The third-order valence-electron chi connectivity index (χ3n) is 3.23. The normalized spacial score (nSPS) is 19.6. The molecule has 1 aliphatic heterocycles. The average molecular weight is 390 g/mol. The fourth-order valence-corrected chi connectivity index (χ4v) is 5.61. The molecule has 0 saturated carbocycles. The highest BCUT2D eigenvalue weighted by molar-refractivity contribution is 9.10. The standard InChI is InChI=1S/C15H24BrN3S2/c1-5-6-17-14-11(16)12(15(2,3)4)18-13(19-14)10-9-20-7-8-21-10/h10H,5-9H2,1-4H3,(H,17,18,19). The summed E-state index contributed by atoms with van der Waals surface area (Å²) >= 11 is 7.70. The summed E-state index contributed by atoms with van der Waals surface area (Å²) in [4.78, 5) is 9.71. The molecule has 0 radical (unpaired) electrons. The summed E-state index contributed by atoms with van der Waals surface area (Å²) in [6.07, 6.45) is 1.09. The predicted molar refractivity (Wildman–Crippen MR) is 99.7 cm³/mol. The molecule has 3 nitrogen and oxygen atoms in total. The van der Waals surface area contributed by atoms with Crippen molar-refractivity contribution in [3.8, 4) is 0 Å². The number of rotatable bonds is 4. The van der Waals surface area contributed by atoms with Crippen LogP contribution in [0.5, 0.6) is 0 Å². The fraction of sp³-hybridized carbons (Fsp3) is 0.733. The SMILES string of the molecule is CCCNc1nc(C2CSCCS2)nc(C(C)(C)C)c1Br. The van der Waals surface area contributed by atoms with E-state index in [-0.39, 0.29) is 5.41 Å². The van der Waals surface area contributed by atoms with E-state index in [1.54, 1.807) is 0 Å². The van der Waals surface area contributed by atoms with Crippen molar-refractivity contribution in [2.45, 2.75) is 44.8 Å². The Morgan fingerprint density at radius 1 is 1.29 bits per heavy atom. The van der Waals surface area contributed by atoms with Crippen LogP contribution in [-0.4, -0.2) is 33.8 Å². The number of aromatic nitrogens is 2. The number of thioether (sulfide) groups is 2. The highest BCUT2D eigenvalue weighted by atomic mass is 79.9. The van der Waals surface area contributed by atoms with Gasteiger partial charge in [-0.15, -0.1) is 11.8 Å². The van der Waals surface area contributed by atoms with E-state index in [2.05, 4.69) is 48.9 Å². The molecule has 1 aromatic heterocycles. The Bertz CT molecular complexity index is 483. The lowest BCUT2D eigenvalue weighted by atomic mass is 9.92. The zero-order valence-electron chi connectivity index (χ0n) is 13.2.